The lowest BCUT2D eigenvalue weighted by Gasteiger charge is -2.21. The third kappa shape index (κ3) is 2.08. The van der Waals surface area contributed by atoms with E-state index in [-0.39, 0.29) is 0 Å². The molecule has 0 saturated heterocycles. The second-order valence-electron chi connectivity index (χ2n) is 2.86. The first kappa shape index (κ1) is 9.75. The van der Waals surface area contributed by atoms with E-state index in [1.165, 1.54) is 13.0 Å². The van der Waals surface area contributed by atoms with E-state index in [1.54, 1.807) is 10.4 Å². The van der Waals surface area contributed by atoms with Crippen LogP contribution in [0.25, 0.3) is 0 Å². The highest BCUT2D eigenvalue weighted by atomic mass is 32.1. The van der Waals surface area contributed by atoms with Crippen LogP contribution in [0.2, 0.25) is 0 Å². The van der Waals surface area contributed by atoms with Crippen LogP contribution in [-0.4, -0.2) is 18.5 Å². The molecule has 1 nitrogen and oxygen atoms in total. The number of hydrogen-bond acceptors (Lipinski definition) is 2. The summed E-state index contributed by atoms with van der Waals surface area (Å²) in [5.74, 6) is 0. The van der Waals surface area contributed by atoms with E-state index in [0.29, 0.717) is 0 Å². The normalized spacial score (nSPS) is 16.2. The van der Waals surface area contributed by atoms with Gasteiger partial charge in [-0.05, 0) is 30.5 Å². The van der Waals surface area contributed by atoms with Crippen LogP contribution in [0.1, 0.15) is 24.3 Å². The number of thiophene rings is 1. The molecule has 0 atom stereocenters. The maximum absolute atomic E-state index is 2.37. The fourth-order valence-electron chi connectivity index (χ4n) is 1.39. The molecule has 0 aliphatic carbocycles. The molecule has 0 bridgehead atoms. The summed E-state index contributed by atoms with van der Waals surface area (Å²) in [6.07, 6.45) is 1.25. The molecule has 1 aromatic heterocycles. The van der Waals surface area contributed by atoms with Gasteiger partial charge in [0.15, 0.2) is 0 Å². The number of fused-ring (bicyclic) bond motifs is 1. The number of nitrogens with zero attached hydrogens (tertiary/aromatic N) is 1. The molecule has 0 N–H and O–H groups in total. The van der Waals surface area contributed by atoms with Crippen molar-refractivity contribution in [3.8, 4) is 0 Å². The molecule has 2 heterocycles. The molecule has 1 aromatic rings. The van der Waals surface area contributed by atoms with E-state index in [1.807, 2.05) is 25.2 Å². The van der Waals surface area contributed by atoms with Gasteiger partial charge in [0.05, 0.1) is 0 Å². The van der Waals surface area contributed by atoms with Crippen LogP contribution in [0.15, 0.2) is 11.4 Å². The van der Waals surface area contributed by atoms with E-state index in [4.69, 9.17) is 0 Å². The van der Waals surface area contributed by atoms with Crippen LogP contribution in [0.5, 0.6) is 0 Å². The van der Waals surface area contributed by atoms with Gasteiger partial charge in [-0.3, -0.25) is 0 Å². The Kier molecular flexibility index (Phi) is 3.76. The minimum Gasteiger partial charge on any atom is -0.302 e. The molecule has 0 amide bonds. The van der Waals surface area contributed by atoms with Crippen molar-refractivity contribution in [2.75, 3.05) is 13.6 Å². The van der Waals surface area contributed by atoms with Crippen LogP contribution >= 0.6 is 11.3 Å². The summed E-state index contributed by atoms with van der Waals surface area (Å²) in [5, 5.41) is 2.20. The van der Waals surface area contributed by atoms with Crippen molar-refractivity contribution in [2.45, 2.75) is 26.8 Å². The summed E-state index contributed by atoms with van der Waals surface area (Å²) < 4.78 is 0. The van der Waals surface area contributed by atoms with Crippen LogP contribution in [0.4, 0.5) is 0 Å². The van der Waals surface area contributed by atoms with Crippen molar-refractivity contribution in [2.24, 2.45) is 0 Å². The van der Waals surface area contributed by atoms with Gasteiger partial charge in [0.2, 0.25) is 0 Å². The maximum atomic E-state index is 2.37. The third-order valence-electron chi connectivity index (χ3n) is 2.00. The van der Waals surface area contributed by atoms with Crippen LogP contribution < -0.4 is 0 Å². The third-order valence-corrected chi connectivity index (χ3v) is 3.02. The van der Waals surface area contributed by atoms with Gasteiger partial charge in [0, 0.05) is 18.0 Å². The Morgan fingerprint density at radius 1 is 1.42 bits per heavy atom. The molecule has 0 radical (unpaired) electrons. The summed E-state index contributed by atoms with van der Waals surface area (Å²) in [7, 11) is 2.18. The molecule has 1 aliphatic rings. The average molecular weight is 183 g/mol. The van der Waals surface area contributed by atoms with Crippen molar-refractivity contribution in [3.63, 3.8) is 0 Å². The average Bonchev–Trinajstić information content (AvgIpc) is 2.54. The van der Waals surface area contributed by atoms with Crippen LogP contribution in [0, 0.1) is 0 Å². The molecular weight excluding hydrogens is 166 g/mol. The number of likely N-dealkylation sites (N-methyl/N-ethyl adjacent to an activating group) is 1. The standard InChI is InChI=1S/C8H11NS.C2H6/c1-9-4-2-8-7(6-9)3-5-10-8;1-2/h3,5H,2,4,6H2,1H3;1-2H3. The summed E-state index contributed by atoms with van der Waals surface area (Å²) in [5.41, 5.74) is 1.54. The van der Waals surface area contributed by atoms with E-state index < -0.39 is 0 Å². The van der Waals surface area contributed by atoms with Crippen molar-refractivity contribution >= 4 is 11.3 Å². The topological polar surface area (TPSA) is 3.24 Å². The van der Waals surface area contributed by atoms with Gasteiger partial charge < -0.3 is 4.90 Å². The predicted octanol–water partition coefficient (Wildman–Crippen LogP) is 2.76. The van der Waals surface area contributed by atoms with Gasteiger partial charge in [-0.25, -0.2) is 0 Å². The Morgan fingerprint density at radius 3 is 2.92 bits per heavy atom. The Hall–Kier alpha value is -0.340. The first-order chi connectivity index (χ1) is 5.86. The van der Waals surface area contributed by atoms with Crippen molar-refractivity contribution < 1.29 is 0 Å². The van der Waals surface area contributed by atoms with Gasteiger partial charge >= 0.3 is 0 Å². The largest absolute Gasteiger partial charge is 0.302 e. The van der Waals surface area contributed by atoms with Gasteiger partial charge in [0.25, 0.3) is 0 Å². The lowest BCUT2D eigenvalue weighted by atomic mass is 10.1. The minimum atomic E-state index is 1.15. The fourth-order valence-corrected chi connectivity index (χ4v) is 2.28. The lowest BCUT2D eigenvalue weighted by molar-refractivity contribution is 0.315. The quantitative estimate of drug-likeness (QED) is 0.598. The molecule has 12 heavy (non-hydrogen) atoms. The Bertz CT molecular complexity index is 229. The highest BCUT2D eigenvalue weighted by Gasteiger charge is 2.12. The fraction of sp³-hybridized carbons (Fsp3) is 0.600. The Balaban J connectivity index is 0.000000336. The van der Waals surface area contributed by atoms with Gasteiger partial charge in [0.1, 0.15) is 0 Å². The summed E-state index contributed by atoms with van der Waals surface area (Å²) in [6, 6.07) is 2.25. The molecule has 68 valence electrons. The Labute approximate surface area is 79.0 Å². The monoisotopic (exact) mass is 183 g/mol. The second kappa shape index (κ2) is 4.63. The van der Waals surface area contributed by atoms with Gasteiger partial charge in [-0.1, -0.05) is 13.8 Å². The smallest absolute Gasteiger partial charge is 0.0241 e. The predicted molar refractivity (Wildman–Crippen MR) is 55.7 cm³/mol. The molecule has 0 saturated carbocycles. The van der Waals surface area contributed by atoms with Crippen molar-refractivity contribution in [1.82, 2.24) is 4.90 Å². The van der Waals surface area contributed by atoms with Crippen LogP contribution in [-0.2, 0) is 13.0 Å². The zero-order chi connectivity index (χ0) is 8.97. The number of hydrogen-bond donors (Lipinski definition) is 0. The Morgan fingerprint density at radius 2 is 2.17 bits per heavy atom. The summed E-state index contributed by atoms with van der Waals surface area (Å²) in [4.78, 5) is 3.97. The molecule has 0 spiro atoms. The highest BCUT2D eigenvalue weighted by Crippen LogP contribution is 2.22. The van der Waals surface area contributed by atoms with Crippen molar-refractivity contribution in [3.05, 3.63) is 21.9 Å². The molecule has 1 aliphatic heterocycles. The van der Waals surface area contributed by atoms with Crippen molar-refractivity contribution in [1.29, 1.82) is 0 Å². The van der Waals surface area contributed by atoms with E-state index >= 15 is 0 Å². The molecule has 2 heteroatoms. The zero-order valence-electron chi connectivity index (χ0n) is 8.13. The second-order valence-corrected chi connectivity index (χ2v) is 3.86. The zero-order valence-corrected chi connectivity index (χ0v) is 8.95. The summed E-state index contributed by atoms with van der Waals surface area (Å²) >= 11 is 1.90. The molecule has 0 aromatic carbocycles. The van der Waals surface area contributed by atoms with E-state index in [9.17, 15) is 0 Å². The maximum Gasteiger partial charge on any atom is 0.0241 e. The molecule has 0 fully saturated rings. The highest BCUT2D eigenvalue weighted by molar-refractivity contribution is 7.10. The van der Waals surface area contributed by atoms with E-state index in [2.05, 4.69) is 23.4 Å². The van der Waals surface area contributed by atoms with Crippen LogP contribution in [0.3, 0.4) is 0 Å². The number of rotatable bonds is 0. The van der Waals surface area contributed by atoms with E-state index in [0.717, 1.165) is 6.54 Å². The summed E-state index contributed by atoms with van der Waals surface area (Å²) in [6.45, 7) is 6.38. The van der Waals surface area contributed by atoms with Gasteiger partial charge in [-0.2, -0.15) is 0 Å². The SMILES string of the molecule is CC.CN1CCc2sccc2C1. The molecule has 0 unspecified atom stereocenters. The first-order valence-corrected chi connectivity index (χ1v) is 5.48. The molecular formula is C10H17NS. The van der Waals surface area contributed by atoms with Gasteiger partial charge in [-0.15, -0.1) is 11.3 Å². The minimum absolute atomic E-state index is 1.15. The lowest BCUT2D eigenvalue weighted by Crippen LogP contribution is -2.25. The first-order valence-electron chi connectivity index (χ1n) is 4.60. The molecule has 2 rings (SSSR count).